The summed E-state index contributed by atoms with van der Waals surface area (Å²) in [5.41, 5.74) is 0.506. The average Bonchev–Trinajstić information content (AvgIpc) is 2.29. The molecule has 0 bridgehead atoms. The highest BCUT2D eigenvalue weighted by atomic mass is 19.1. The van der Waals surface area contributed by atoms with E-state index >= 15 is 0 Å². The maximum Gasteiger partial charge on any atom is 0.319 e. The highest BCUT2D eigenvalue weighted by Crippen LogP contribution is 2.07. The Morgan fingerprint density at radius 1 is 1.44 bits per heavy atom. The molecular weight excluding hydrogens is 211 g/mol. The van der Waals surface area contributed by atoms with Crippen molar-refractivity contribution in [1.82, 2.24) is 5.32 Å². The minimum absolute atomic E-state index is 0.104. The van der Waals surface area contributed by atoms with Crippen LogP contribution in [0.2, 0.25) is 0 Å². The Hall–Kier alpha value is -1.62. The molecule has 1 aromatic carbocycles. The fraction of sp³-hybridized carbons (Fsp3) is 0.364. The zero-order valence-electron chi connectivity index (χ0n) is 9.03. The molecular formula is C11H15FN2O2. The van der Waals surface area contributed by atoms with Crippen LogP contribution in [0.5, 0.6) is 0 Å². The molecule has 3 N–H and O–H groups in total. The van der Waals surface area contributed by atoms with Crippen LogP contribution in [0.3, 0.4) is 0 Å². The lowest BCUT2D eigenvalue weighted by molar-refractivity contribution is 0.222. The summed E-state index contributed by atoms with van der Waals surface area (Å²) in [7, 11) is 0. The Balaban J connectivity index is 2.48. The lowest BCUT2D eigenvalue weighted by atomic mass is 10.2. The van der Waals surface area contributed by atoms with Gasteiger partial charge in [0.1, 0.15) is 5.82 Å². The van der Waals surface area contributed by atoms with E-state index in [0.29, 0.717) is 12.1 Å². The summed E-state index contributed by atoms with van der Waals surface area (Å²) in [5.74, 6) is -0.354. The molecule has 0 aromatic heterocycles. The van der Waals surface area contributed by atoms with Crippen molar-refractivity contribution in [1.29, 1.82) is 0 Å². The van der Waals surface area contributed by atoms with Gasteiger partial charge in [-0.05, 0) is 30.7 Å². The summed E-state index contributed by atoms with van der Waals surface area (Å²) in [6.45, 7) is 1.76. The van der Waals surface area contributed by atoms with E-state index in [0.717, 1.165) is 0 Å². The first-order valence-corrected chi connectivity index (χ1v) is 5.09. The quantitative estimate of drug-likeness (QED) is 0.732. The molecule has 0 radical (unpaired) electrons. The molecule has 5 heteroatoms. The number of urea groups is 1. The number of rotatable bonds is 4. The molecule has 1 atom stereocenters. The minimum Gasteiger partial charge on any atom is -0.394 e. The maximum absolute atomic E-state index is 12.6. The highest BCUT2D eigenvalue weighted by molar-refractivity contribution is 5.89. The van der Waals surface area contributed by atoms with Crippen molar-refractivity contribution < 1.29 is 14.3 Å². The number of benzene rings is 1. The average molecular weight is 226 g/mol. The van der Waals surface area contributed by atoms with Gasteiger partial charge in [0.2, 0.25) is 0 Å². The number of carbonyl (C=O) groups excluding carboxylic acids is 1. The number of aliphatic hydroxyl groups excluding tert-OH is 1. The van der Waals surface area contributed by atoms with Gasteiger partial charge in [-0.2, -0.15) is 0 Å². The van der Waals surface area contributed by atoms with Gasteiger partial charge in [-0.25, -0.2) is 9.18 Å². The molecule has 0 spiro atoms. The van der Waals surface area contributed by atoms with Crippen LogP contribution < -0.4 is 10.6 Å². The van der Waals surface area contributed by atoms with Gasteiger partial charge in [-0.3, -0.25) is 0 Å². The fourth-order valence-corrected chi connectivity index (χ4v) is 1.16. The van der Waals surface area contributed by atoms with Crippen molar-refractivity contribution in [2.45, 2.75) is 19.4 Å². The smallest absolute Gasteiger partial charge is 0.319 e. The van der Waals surface area contributed by atoms with Gasteiger partial charge < -0.3 is 15.7 Å². The predicted molar refractivity (Wildman–Crippen MR) is 59.7 cm³/mol. The molecule has 0 fully saturated rings. The summed E-state index contributed by atoms with van der Waals surface area (Å²) in [6, 6.07) is 4.79. The maximum atomic E-state index is 12.6. The SMILES string of the molecule is CCC(CO)NC(=O)Nc1ccc(F)cc1. The summed E-state index contributed by atoms with van der Waals surface area (Å²) in [5, 5.41) is 14.0. The Labute approximate surface area is 93.5 Å². The van der Waals surface area contributed by atoms with Gasteiger partial charge in [0, 0.05) is 5.69 Å². The Kier molecular flexibility index (Phi) is 4.72. The van der Waals surface area contributed by atoms with Crippen LogP contribution >= 0.6 is 0 Å². The second kappa shape index (κ2) is 6.07. The summed E-state index contributed by atoms with van der Waals surface area (Å²) in [4.78, 5) is 11.4. The van der Waals surface area contributed by atoms with Crippen molar-refractivity contribution in [2.24, 2.45) is 0 Å². The van der Waals surface area contributed by atoms with Crippen molar-refractivity contribution in [3.8, 4) is 0 Å². The number of amides is 2. The van der Waals surface area contributed by atoms with Crippen molar-refractivity contribution >= 4 is 11.7 Å². The van der Waals surface area contributed by atoms with Gasteiger partial charge >= 0.3 is 6.03 Å². The molecule has 2 amide bonds. The Morgan fingerprint density at radius 3 is 2.56 bits per heavy atom. The van der Waals surface area contributed by atoms with Gasteiger partial charge in [-0.1, -0.05) is 6.92 Å². The summed E-state index contributed by atoms with van der Waals surface area (Å²) in [6.07, 6.45) is 0.646. The van der Waals surface area contributed by atoms with Crippen LogP contribution in [0.4, 0.5) is 14.9 Å². The number of nitrogens with one attached hydrogen (secondary N) is 2. The molecule has 0 saturated heterocycles. The lowest BCUT2D eigenvalue weighted by Crippen LogP contribution is -2.39. The third kappa shape index (κ3) is 3.86. The molecule has 4 nitrogen and oxygen atoms in total. The second-order valence-corrected chi connectivity index (χ2v) is 3.39. The van der Waals surface area contributed by atoms with Crippen LogP contribution in [-0.4, -0.2) is 23.8 Å². The van der Waals surface area contributed by atoms with Crippen molar-refractivity contribution in [3.63, 3.8) is 0 Å². The van der Waals surface area contributed by atoms with E-state index in [2.05, 4.69) is 10.6 Å². The van der Waals surface area contributed by atoms with E-state index in [1.807, 2.05) is 6.92 Å². The molecule has 1 rings (SSSR count). The second-order valence-electron chi connectivity index (χ2n) is 3.39. The fourth-order valence-electron chi connectivity index (χ4n) is 1.16. The van der Waals surface area contributed by atoms with E-state index in [1.54, 1.807) is 0 Å². The zero-order chi connectivity index (χ0) is 12.0. The number of anilines is 1. The molecule has 0 saturated carbocycles. The molecule has 0 aliphatic carbocycles. The van der Waals surface area contributed by atoms with Crippen LogP contribution in [0.25, 0.3) is 0 Å². The number of halogens is 1. The van der Waals surface area contributed by atoms with Crippen molar-refractivity contribution in [3.05, 3.63) is 30.1 Å². The number of hydrogen-bond donors (Lipinski definition) is 3. The van der Waals surface area contributed by atoms with Crippen LogP contribution in [-0.2, 0) is 0 Å². The van der Waals surface area contributed by atoms with Crippen molar-refractivity contribution in [2.75, 3.05) is 11.9 Å². The van der Waals surface area contributed by atoms with Crippen LogP contribution in [0, 0.1) is 5.82 Å². The predicted octanol–water partition coefficient (Wildman–Crippen LogP) is 1.72. The van der Waals surface area contributed by atoms with E-state index < -0.39 is 6.03 Å². The minimum atomic E-state index is -0.410. The number of hydrogen-bond acceptors (Lipinski definition) is 2. The summed E-state index contributed by atoms with van der Waals surface area (Å²) >= 11 is 0. The van der Waals surface area contributed by atoms with Gasteiger partial charge in [-0.15, -0.1) is 0 Å². The van der Waals surface area contributed by atoms with Gasteiger partial charge in [0.25, 0.3) is 0 Å². The largest absolute Gasteiger partial charge is 0.394 e. The lowest BCUT2D eigenvalue weighted by Gasteiger charge is -2.14. The number of carbonyl (C=O) groups is 1. The molecule has 1 unspecified atom stereocenters. The van der Waals surface area contributed by atoms with Gasteiger partial charge in [0.15, 0.2) is 0 Å². The molecule has 0 aliphatic rings. The van der Waals surface area contributed by atoms with Crippen LogP contribution in [0.1, 0.15) is 13.3 Å². The van der Waals surface area contributed by atoms with E-state index in [4.69, 9.17) is 5.11 Å². The zero-order valence-corrected chi connectivity index (χ0v) is 9.03. The molecule has 0 heterocycles. The summed E-state index contributed by atoms with van der Waals surface area (Å²) < 4.78 is 12.6. The van der Waals surface area contributed by atoms with Gasteiger partial charge in [0.05, 0.1) is 12.6 Å². The monoisotopic (exact) mass is 226 g/mol. The molecule has 88 valence electrons. The topological polar surface area (TPSA) is 61.4 Å². The third-order valence-corrected chi connectivity index (χ3v) is 2.15. The van der Waals surface area contributed by atoms with Crippen LogP contribution in [0.15, 0.2) is 24.3 Å². The number of aliphatic hydroxyl groups is 1. The Bertz CT molecular complexity index is 336. The van der Waals surface area contributed by atoms with E-state index in [-0.39, 0.29) is 18.5 Å². The normalized spacial score (nSPS) is 11.9. The first-order valence-electron chi connectivity index (χ1n) is 5.09. The Morgan fingerprint density at radius 2 is 2.06 bits per heavy atom. The highest BCUT2D eigenvalue weighted by Gasteiger charge is 2.08. The first-order chi connectivity index (χ1) is 7.65. The van der Waals surface area contributed by atoms with E-state index in [9.17, 15) is 9.18 Å². The third-order valence-electron chi connectivity index (χ3n) is 2.15. The first kappa shape index (κ1) is 12.4. The molecule has 0 aliphatic heterocycles. The standard InChI is InChI=1S/C11H15FN2O2/c1-2-9(7-15)13-11(16)14-10-5-3-8(12)4-6-10/h3-6,9,15H,2,7H2,1H3,(H2,13,14,16). The van der Waals surface area contributed by atoms with E-state index in [1.165, 1.54) is 24.3 Å². The molecule has 16 heavy (non-hydrogen) atoms. The molecule has 1 aromatic rings.